The van der Waals surface area contributed by atoms with Crippen LogP contribution in [0.4, 0.5) is 0 Å². The third-order valence-electron chi connectivity index (χ3n) is 7.19. The van der Waals surface area contributed by atoms with Gasteiger partial charge in [-0.3, -0.25) is 14.4 Å². The van der Waals surface area contributed by atoms with E-state index >= 15 is 0 Å². The number of likely N-dealkylation sites (tertiary alicyclic amines) is 1. The number of amides is 2. The van der Waals surface area contributed by atoms with E-state index in [1.807, 2.05) is 36.1 Å². The van der Waals surface area contributed by atoms with Gasteiger partial charge in [0.1, 0.15) is 6.04 Å². The predicted octanol–water partition coefficient (Wildman–Crippen LogP) is 2.15. The standard InChI is InChI=1S/C24H34N2O5S/c1-3-4-12-25-13-9-11-24-17(18-22(30)31-16-8-5-10-23(18,2)32-24)20(28)26(14-6-7-15-27)19(24)21(25)29/h5,9-11,17-19,27H,3-4,6-8,12-16H2,1-2H3/t17-,18+,19?,23-,24-/m0/s1. The Labute approximate surface area is 194 Å². The smallest absolute Gasteiger partial charge is 0.311 e. The summed E-state index contributed by atoms with van der Waals surface area (Å²) in [6.45, 7) is 6.02. The second-order valence-corrected chi connectivity index (χ2v) is 11.1. The molecule has 4 aliphatic heterocycles. The van der Waals surface area contributed by atoms with Crippen LogP contribution in [0, 0.1) is 11.8 Å². The molecule has 176 valence electrons. The van der Waals surface area contributed by atoms with Gasteiger partial charge in [0.15, 0.2) is 0 Å². The summed E-state index contributed by atoms with van der Waals surface area (Å²) in [5.41, 5.74) is 0. The largest absolute Gasteiger partial charge is 0.465 e. The van der Waals surface area contributed by atoms with Crippen molar-refractivity contribution in [3.8, 4) is 0 Å². The Hall–Kier alpha value is -1.80. The zero-order chi connectivity index (χ0) is 22.9. The first-order valence-corrected chi connectivity index (χ1v) is 12.6. The topological polar surface area (TPSA) is 87.2 Å². The fraction of sp³-hybridized carbons (Fsp3) is 0.708. The lowest BCUT2D eigenvalue weighted by atomic mass is 9.74. The van der Waals surface area contributed by atoms with Gasteiger partial charge < -0.3 is 19.6 Å². The maximum Gasteiger partial charge on any atom is 0.311 e. The quantitative estimate of drug-likeness (QED) is 0.354. The SMILES string of the molecule is CCCCN1CC=C[C@]23S[C@@]4(C)C=CCCOC(=O)[C@H]4[C@H]2C(=O)N(CCCCO)C3C1=O. The van der Waals surface area contributed by atoms with E-state index in [4.69, 9.17) is 4.74 Å². The van der Waals surface area contributed by atoms with Crippen LogP contribution in [-0.2, 0) is 19.1 Å². The summed E-state index contributed by atoms with van der Waals surface area (Å²) in [5.74, 6) is -1.80. The van der Waals surface area contributed by atoms with Crippen molar-refractivity contribution >= 4 is 29.5 Å². The zero-order valence-electron chi connectivity index (χ0n) is 19.0. The molecule has 2 saturated heterocycles. The Kier molecular flexibility index (Phi) is 6.73. The summed E-state index contributed by atoms with van der Waals surface area (Å²) >= 11 is 1.58. The molecule has 0 aliphatic carbocycles. The second kappa shape index (κ2) is 9.21. The number of cyclic esters (lactones) is 1. The van der Waals surface area contributed by atoms with E-state index in [1.54, 1.807) is 16.7 Å². The molecular formula is C24H34N2O5S. The number of aliphatic hydroxyl groups excluding tert-OH is 1. The second-order valence-electron chi connectivity index (χ2n) is 9.36. The molecule has 2 amide bonds. The number of hydrogen-bond acceptors (Lipinski definition) is 6. The van der Waals surface area contributed by atoms with Crippen molar-refractivity contribution in [2.24, 2.45) is 11.8 Å². The molecule has 4 rings (SSSR count). The number of nitrogens with zero attached hydrogens (tertiary/aromatic N) is 2. The van der Waals surface area contributed by atoms with Crippen molar-refractivity contribution in [2.75, 3.05) is 32.8 Å². The van der Waals surface area contributed by atoms with Crippen molar-refractivity contribution in [2.45, 2.75) is 61.5 Å². The number of carbonyl (C=O) groups is 3. The van der Waals surface area contributed by atoms with Crippen molar-refractivity contribution in [3.05, 3.63) is 24.3 Å². The van der Waals surface area contributed by atoms with Gasteiger partial charge >= 0.3 is 5.97 Å². The molecule has 0 saturated carbocycles. The Bertz CT molecular complexity index is 829. The number of unbranched alkanes of at least 4 members (excludes halogenated alkanes) is 2. The van der Waals surface area contributed by atoms with Crippen molar-refractivity contribution in [1.29, 1.82) is 0 Å². The third-order valence-corrected chi connectivity index (χ3v) is 8.99. The highest BCUT2D eigenvalue weighted by Gasteiger charge is 2.73. The lowest BCUT2D eigenvalue weighted by Crippen LogP contribution is -2.53. The minimum atomic E-state index is -0.804. The van der Waals surface area contributed by atoms with Crippen LogP contribution in [0.5, 0.6) is 0 Å². The molecule has 5 atom stereocenters. The van der Waals surface area contributed by atoms with Crippen LogP contribution in [0.1, 0.15) is 46.0 Å². The van der Waals surface area contributed by atoms with Crippen LogP contribution < -0.4 is 0 Å². The third kappa shape index (κ3) is 3.69. The molecule has 0 aromatic rings. The molecule has 8 heteroatoms. The lowest BCUT2D eigenvalue weighted by Gasteiger charge is -2.37. The number of fused-ring (bicyclic) bond motifs is 2. The monoisotopic (exact) mass is 462 g/mol. The normalized spacial score (nSPS) is 36.3. The summed E-state index contributed by atoms with van der Waals surface area (Å²) in [7, 11) is 0. The van der Waals surface area contributed by atoms with E-state index < -0.39 is 27.4 Å². The van der Waals surface area contributed by atoms with Crippen LogP contribution in [0.15, 0.2) is 24.3 Å². The maximum atomic E-state index is 13.9. The molecule has 0 aromatic carbocycles. The fourth-order valence-electron chi connectivity index (χ4n) is 5.72. The van der Waals surface area contributed by atoms with Crippen LogP contribution >= 0.6 is 11.8 Å². The van der Waals surface area contributed by atoms with Gasteiger partial charge in [0, 0.05) is 31.0 Å². The van der Waals surface area contributed by atoms with Gasteiger partial charge in [0.05, 0.1) is 23.2 Å². The molecule has 32 heavy (non-hydrogen) atoms. The van der Waals surface area contributed by atoms with Crippen LogP contribution in [0.25, 0.3) is 0 Å². The summed E-state index contributed by atoms with van der Waals surface area (Å²) in [6.07, 6.45) is 11.8. The van der Waals surface area contributed by atoms with Crippen molar-refractivity contribution in [1.82, 2.24) is 9.80 Å². The number of rotatable bonds is 7. The molecular weight excluding hydrogens is 428 g/mol. The lowest BCUT2D eigenvalue weighted by molar-refractivity contribution is -0.154. The van der Waals surface area contributed by atoms with Gasteiger partial charge in [0.25, 0.3) is 0 Å². The minimum Gasteiger partial charge on any atom is -0.465 e. The summed E-state index contributed by atoms with van der Waals surface area (Å²) < 4.78 is 4.12. The van der Waals surface area contributed by atoms with Gasteiger partial charge in [-0.05, 0) is 32.6 Å². The van der Waals surface area contributed by atoms with Gasteiger partial charge in [-0.25, -0.2) is 0 Å². The fourth-order valence-corrected chi connectivity index (χ4v) is 7.87. The molecule has 4 heterocycles. The number of hydrogen-bond donors (Lipinski definition) is 1. The van der Waals surface area contributed by atoms with Crippen molar-refractivity contribution < 1.29 is 24.2 Å². The van der Waals surface area contributed by atoms with E-state index in [2.05, 4.69) is 6.92 Å². The van der Waals surface area contributed by atoms with E-state index in [0.717, 1.165) is 12.8 Å². The molecule has 0 aromatic heterocycles. The highest BCUT2D eigenvalue weighted by molar-refractivity contribution is 8.02. The van der Waals surface area contributed by atoms with Gasteiger partial charge in [-0.1, -0.05) is 37.6 Å². The molecule has 2 fully saturated rings. The van der Waals surface area contributed by atoms with E-state index in [1.165, 1.54) is 0 Å². The van der Waals surface area contributed by atoms with Crippen molar-refractivity contribution in [3.63, 3.8) is 0 Å². The minimum absolute atomic E-state index is 0.0361. The first-order chi connectivity index (χ1) is 15.4. The average Bonchev–Trinajstić information content (AvgIpc) is 3.07. The molecule has 1 N–H and O–H groups in total. The first kappa shape index (κ1) is 23.4. The van der Waals surface area contributed by atoms with Crippen LogP contribution in [0.3, 0.4) is 0 Å². The number of thioether (sulfide) groups is 1. The van der Waals surface area contributed by atoms with Crippen LogP contribution in [0.2, 0.25) is 0 Å². The maximum absolute atomic E-state index is 13.9. The molecule has 0 bridgehead atoms. The number of carbonyl (C=O) groups excluding carboxylic acids is 3. The Morgan fingerprint density at radius 2 is 1.91 bits per heavy atom. The van der Waals surface area contributed by atoms with E-state index in [0.29, 0.717) is 45.5 Å². The Balaban J connectivity index is 1.79. The molecule has 1 spiro atoms. The molecule has 7 nitrogen and oxygen atoms in total. The van der Waals surface area contributed by atoms with Gasteiger partial charge in [-0.2, -0.15) is 0 Å². The van der Waals surface area contributed by atoms with Gasteiger partial charge in [0.2, 0.25) is 11.8 Å². The highest BCUT2D eigenvalue weighted by Crippen LogP contribution is 2.65. The summed E-state index contributed by atoms with van der Waals surface area (Å²) in [4.78, 5) is 44.5. The molecule has 4 aliphatic rings. The average molecular weight is 463 g/mol. The highest BCUT2D eigenvalue weighted by atomic mass is 32.2. The zero-order valence-corrected chi connectivity index (χ0v) is 19.8. The van der Waals surface area contributed by atoms with Crippen LogP contribution in [-0.4, -0.2) is 81.1 Å². The Morgan fingerprint density at radius 3 is 2.66 bits per heavy atom. The summed E-state index contributed by atoms with van der Waals surface area (Å²) in [6, 6.07) is -0.648. The first-order valence-electron chi connectivity index (χ1n) is 11.8. The predicted molar refractivity (Wildman–Crippen MR) is 123 cm³/mol. The molecule has 1 unspecified atom stereocenters. The Morgan fingerprint density at radius 1 is 1.09 bits per heavy atom. The number of ether oxygens (including phenoxy) is 1. The summed E-state index contributed by atoms with van der Waals surface area (Å²) in [5, 5.41) is 9.25. The van der Waals surface area contributed by atoms with Gasteiger partial charge in [-0.15, -0.1) is 11.8 Å². The number of esters is 1. The molecule has 0 radical (unpaired) electrons. The van der Waals surface area contributed by atoms with E-state index in [9.17, 15) is 19.5 Å². The van der Waals surface area contributed by atoms with E-state index in [-0.39, 0.29) is 24.4 Å². The number of aliphatic hydroxyl groups is 1.